The molecule has 30 heavy (non-hydrogen) atoms. The maximum absolute atomic E-state index is 15.0. The van der Waals surface area contributed by atoms with Gasteiger partial charge in [-0.15, -0.1) is 0 Å². The van der Waals surface area contributed by atoms with Gasteiger partial charge in [-0.1, -0.05) is 24.3 Å². The van der Waals surface area contributed by atoms with E-state index < -0.39 is 23.5 Å². The minimum atomic E-state index is -1.58. The fourth-order valence-electron chi connectivity index (χ4n) is 4.29. The highest BCUT2D eigenvalue weighted by Gasteiger charge is 2.61. The van der Waals surface area contributed by atoms with E-state index in [4.69, 9.17) is 0 Å². The van der Waals surface area contributed by atoms with Crippen molar-refractivity contribution in [3.05, 3.63) is 88.5 Å². The van der Waals surface area contributed by atoms with E-state index >= 15 is 0 Å². The highest BCUT2D eigenvalue weighted by atomic mass is 19.1. The van der Waals surface area contributed by atoms with E-state index in [-0.39, 0.29) is 28.3 Å². The zero-order chi connectivity index (χ0) is 21.3. The Morgan fingerprint density at radius 3 is 2.43 bits per heavy atom. The highest BCUT2D eigenvalue weighted by molar-refractivity contribution is 5.74. The van der Waals surface area contributed by atoms with Crippen LogP contribution in [0.2, 0.25) is 0 Å². The Labute approximate surface area is 173 Å². The fourth-order valence-corrected chi connectivity index (χ4v) is 4.29. The number of allylic oxidation sites excluding steroid dienone is 2. The lowest BCUT2D eigenvalue weighted by atomic mass is 9.73. The maximum Gasteiger partial charge on any atom is 0.217 e. The monoisotopic (exact) mass is 399 g/mol. The maximum atomic E-state index is 15.0. The number of nitrogens with one attached hydrogen (secondary N) is 1. The standard InChI is InChI=1S/C23H18FN5O/c24-19-7-3-2-6-17(19)20-18(14-27)21(15(12-25)13-26)28-23(30,16-8-9-16)22(20)29-10-4-1-5-11-29/h1-7,10-11,16,20,22,28,30H,8-9H2. The van der Waals surface area contributed by atoms with Gasteiger partial charge in [-0.05, 0) is 18.9 Å². The molecule has 2 aromatic rings. The molecule has 2 N–H and O–H groups in total. The number of aromatic nitrogens is 1. The van der Waals surface area contributed by atoms with Crippen molar-refractivity contribution in [2.75, 3.05) is 0 Å². The Hall–Kier alpha value is -3.77. The molecule has 3 unspecified atom stereocenters. The average Bonchev–Trinajstić information content (AvgIpc) is 3.61. The molecular weight excluding hydrogens is 381 g/mol. The molecule has 4 rings (SSSR count). The molecule has 0 spiro atoms. The number of rotatable bonds is 4. The summed E-state index contributed by atoms with van der Waals surface area (Å²) in [6.45, 7) is 0. The largest absolute Gasteiger partial charge is 0.762 e. The van der Waals surface area contributed by atoms with Crippen molar-refractivity contribution in [1.29, 1.82) is 10.5 Å². The van der Waals surface area contributed by atoms with Gasteiger partial charge in [-0.3, -0.25) is 0 Å². The summed E-state index contributed by atoms with van der Waals surface area (Å²) in [6.07, 6.45) is 4.99. The molecule has 7 heteroatoms. The predicted molar refractivity (Wildman–Crippen MR) is 106 cm³/mol. The third-order valence-electron chi connectivity index (χ3n) is 5.77. The van der Waals surface area contributed by atoms with E-state index in [2.05, 4.69) is 11.4 Å². The average molecular weight is 399 g/mol. The van der Waals surface area contributed by atoms with Crippen LogP contribution < -0.4 is 9.88 Å². The Morgan fingerprint density at radius 2 is 1.87 bits per heavy atom. The smallest absolute Gasteiger partial charge is 0.217 e. The first-order chi connectivity index (χ1) is 14.5. The zero-order valence-corrected chi connectivity index (χ0v) is 16.0. The SMILES string of the molecule is N#CC(=C=[N-])C1=C(C#N)C(c2ccccc2F)C([n+]2ccccc2)C(O)(C2CC2)N1. The van der Waals surface area contributed by atoms with E-state index in [0.29, 0.717) is 0 Å². The summed E-state index contributed by atoms with van der Waals surface area (Å²) in [5, 5.41) is 43.7. The molecule has 2 aliphatic rings. The van der Waals surface area contributed by atoms with E-state index in [1.807, 2.05) is 6.07 Å². The summed E-state index contributed by atoms with van der Waals surface area (Å²) in [6, 6.07) is 14.6. The van der Waals surface area contributed by atoms with Crippen molar-refractivity contribution in [1.82, 2.24) is 5.32 Å². The third kappa shape index (κ3) is 3.07. The van der Waals surface area contributed by atoms with Gasteiger partial charge in [0.15, 0.2) is 12.4 Å². The van der Waals surface area contributed by atoms with Crippen molar-refractivity contribution >= 4 is 5.87 Å². The summed E-state index contributed by atoms with van der Waals surface area (Å²) in [5.74, 6) is 0.206. The Bertz CT molecular complexity index is 1150. The summed E-state index contributed by atoms with van der Waals surface area (Å²) in [4.78, 5) is 0. The summed E-state index contributed by atoms with van der Waals surface area (Å²) in [5.41, 5.74) is -1.65. The second kappa shape index (κ2) is 7.57. The van der Waals surface area contributed by atoms with Crippen LogP contribution in [0.15, 0.2) is 71.7 Å². The van der Waals surface area contributed by atoms with Gasteiger partial charge in [0, 0.05) is 23.6 Å². The van der Waals surface area contributed by atoms with E-state index in [1.54, 1.807) is 59.2 Å². The zero-order valence-electron chi connectivity index (χ0n) is 16.0. The molecule has 1 saturated carbocycles. The summed E-state index contributed by atoms with van der Waals surface area (Å²) in [7, 11) is 0. The highest BCUT2D eigenvalue weighted by Crippen LogP contribution is 2.52. The first-order valence-electron chi connectivity index (χ1n) is 9.57. The van der Waals surface area contributed by atoms with Crippen LogP contribution in [0.4, 0.5) is 4.39 Å². The van der Waals surface area contributed by atoms with Crippen molar-refractivity contribution in [3.63, 3.8) is 0 Å². The second-order valence-corrected chi connectivity index (χ2v) is 7.49. The second-order valence-electron chi connectivity index (χ2n) is 7.49. The number of pyridine rings is 1. The third-order valence-corrected chi connectivity index (χ3v) is 5.77. The lowest BCUT2D eigenvalue weighted by Gasteiger charge is -2.43. The van der Waals surface area contributed by atoms with Crippen molar-refractivity contribution in [2.45, 2.75) is 30.5 Å². The number of hydrogen-bond acceptors (Lipinski definition) is 4. The van der Waals surface area contributed by atoms with Gasteiger partial charge in [0.25, 0.3) is 0 Å². The number of aliphatic hydroxyl groups is 1. The van der Waals surface area contributed by atoms with Gasteiger partial charge in [-0.25, -0.2) is 10.3 Å². The molecule has 1 fully saturated rings. The van der Waals surface area contributed by atoms with Gasteiger partial charge in [0.2, 0.25) is 11.8 Å². The topological polar surface area (TPSA) is 106 Å². The van der Waals surface area contributed by atoms with Gasteiger partial charge in [-0.2, -0.15) is 15.1 Å². The molecule has 0 amide bonds. The van der Waals surface area contributed by atoms with E-state index in [1.165, 1.54) is 6.07 Å². The van der Waals surface area contributed by atoms with Gasteiger partial charge >= 0.3 is 0 Å². The van der Waals surface area contributed by atoms with Crippen molar-refractivity contribution < 1.29 is 14.1 Å². The molecule has 2 heterocycles. The van der Waals surface area contributed by atoms with Crippen LogP contribution in [0.5, 0.6) is 0 Å². The molecule has 0 saturated heterocycles. The predicted octanol–water partition coefficient (Wildman–Crippen LogP) is 2.61. The molecule has 1 aliphatic carbocycles. The lowest BCUT2D eigenvalue weighted by molar-refractivity contribution is -0.742. The molecule has 0 radical (unpaired) electrons. The molecule has 6 nitrogen and oxygen atoms in total. The molecule has 148 valence electrons. The van der Waals surface area contributed by atoms with Crippen LogP contribution >= 0.6 is 0 Å². The van der Waals surface area contributed by atoms with Gasteiger partial charge < -0.3 is 15.8 Å². The van der Waals surface area contributed by atoms with E-state index in [0.717, 1.165) is 12.8 Å². The number of benzene rings is 1. The minimum absolute atomic E-state index is 0.0297. The van der Waals surface area contributed by atoms with Crippen LogP contribution in [0, 0.1) is 34.4 Å². The normalized spacial score (nSPS) is 25.5. The number of nitrogens with zero attached hydrogens (tertiary/aromatic N) is 4. The fraction of sp³-hybridized carbons (Fsp3) is 0.261. The number of hydrogen-bond donors (Lipinski definition) is 2. The van der Waals surface area contributed by atoms with Crippen LogP contribution in [0.1, 0.15) is 30.4 Å². The summed E-state index contributed by atoms with van der Waals surface area (Å²) < 4.78 is 16.7. The van der Waals surface area contributed by atoms with Crippen LogP contribution in [0.3, 0.4) is 0 Å². The number of nitriles is 2. The Kier molecular flexibility index (Phi) is 4.93. The van der Waals surface area contributed by atoms with Crippen LogP contribution in [-0.2, 0) is 0 Å². The molecule has 3 atom stereocenters. The molecular formula is C23H18FN5O. The van der Waals surface area contributed by atoms with Gasteiger partial charge in [0.05, 0.1) is 28.8 Å². The summed E-state index contributed by atoms with van der Waals surface area (Å²) >= 11 is 0. The van der Waals surface area contributed by atoms with Crippen LogP contribution in [-0.4, -0.2) is 16.7 Å². The molecule has 1 aromatic heterocycles. The lowest BCUT2D eigenvalue weighted by Crippen LogP contribution is -2.66. The van der Waals surface area contributed by atoms with Crippen LogP contribution in [0.25, 0.3) is 5.41 Å². The van der Waals surface area contributed by atoms with Crippen molar-refractivity contribution in [2.24, 2.45) is 5.92 Å². The van der Waals surface area contributed by atoms with E-state index in [9.17, 15) is 25.4 Å². The molecule has 0 bridgehead atoms. The van der Waals surface area contributed by atoms with Crippen molar-refractivity contribution in [3.8, 4) is 12.1 Å². The minimum Gasteiger partial charge on any atom is -0.762 e. The Morgan fingerprint density at radius 1 is 1.17 bits per heavy atom. The molecule has 1 aliphatic heterocycles. The Balaban J connectivity index is 2.06. The quantitative estimate of drug-likeness (QED) is 0.468. The first kappa shape index (κ1) is 19.5. The van der Waals surface area contributed by atoms with Gasteiger partial charge in [0.1, 0.15) is 11.9 Å². The number of halogens is 1. The molecule has 1 aromatic carbocycles. The first-order valence-corrected chi connectivity index (χ1v) is 9.57.